The van der Waals surface area contributed by atoms with E-state index in [1.165, 1.54) is 32.4 Å². The molecule has 0 saturated carbocycles. The number of piperidine rings is 1. The standard InChI is InChI=1S/C29H37N5O4/c1-20-18-38-29-26(21-9-10-25(31-16-21)37-14-8-13-34-11-6-5-7-12-34)24(36-4)15-22-27(29)28(33(20)3)23(17-30-22)32(2)19-35/h9-10,15-17,19-20H,5-8,11-14,18H2,1-4H3/t20-/m0/s1. The SMILES string of the molecule is COc1cc2ncc(N(C)C=O)c3c2c(c1-c1ccc(OCCCN2CCCCC2)nc1)OC[C@H](C)N3C. The topological polar surface area (TPSA) is 80.3 Å². The molecule has 0 N–H and O–H groups in total. The summed E-state index contributed by atoms with van der Waals surface area (Å²) < 4.78 is 18.2. The smallest absolute Gasteiger partial charge is 0.213 e. The minimum atomic E-state index is 0.0736. The van der Waals surface area contributed by atoms with Crippen molar-refractivity contribution in [3.63, 3.8) is 0 Å². The van der Waals surface area contributed by atoms with E-state index in [0.717, 1.165) is 52.8 Å². The van der Waals surface area contributed by atoms with Gasteiger partial charge in [-0.2, -0.15) is 0 Å². The number of benzene rings is 1. The number of hydrogen-bond acceptors (Lipinski definition) is 8. The van der Waals surface area contributed by atoms with Crippen LogP contribution in [0.5, 0.6) is 17.4 Å². The van der Waals surface area contributed by atoms with E-state index < -0.39 is 0 Å². The average Bonchev–Trinajstić information content (AvgIpc) is 3.09. The van der Waals surface area contributed by atoms with Crippen LogP contribution in [0.25, 0.3) is 22.0 Å². The number of likely N-dealkylation sites (tertiary alicyclic amines) is 1. The van der Waals surface area contributed by atoms with Crippen molar-refractivity contribution >= 4 is 28.7 Å². The number of methoxy groups -OCH3 is 1. The van der Waals surface area contributed by atoms with Gasteiger partial charge >= 0.3 is 0 Å². The Labute approximate surface area is 224 Å². The lowest BCUT2D eigenvalue weighted by Crippen LogP contribution is -2.33. The molecule has 9 nitrogen and oxygen atoms in total. The van der Waals surface area contributed by atoms with E-state index in [9.17, 15) is 4.79 Å². The molecule has 3 aromatic rings. The number of rotatable bonds is 9. The molecule has 4 heterocycles. The lowest BCUT2D eigenvalue weighted by atomic mass is 9.99. The van der Waals surface area contributed by atoms with Gasteiger partial charge in [-0.05, 0) is 45.3 Å². The molecular formula is C29H37N5O4. The highest BCUT2D eigenvalue weighted by atomic mass is 16.5. The second kappa shape index (κ2) is 11.4. The fraction of sp³-hybridized carbons (Fsp3) is 0.483. The molecule has 202 valence electrons. The minimum Gasteiger partial charge on any atom is -0.496 e. The molecule has 5 rings (SSSR count). The molecule has 0 aliphatic carbocycles. The van der Waals surface area contributed by atoms with Crippen LogP contribution < -0.4 is 24.0 Å². The molecule has 1 saturated heterocycles. The average molecular weight is 520 g/mol. The first kappa shape index (κ1) is 26.0. The summed E-state index contributed by atoms with van der Waals surface area (Å²) in [5, 5.41) is 0.844. The van der Waals surface area contributed by atoms with Crippen molar-refractivity contribution in [2.24, 2.45) is 0 Å². The van der Waals surface area contributed by atoms with E-state index in [-0.39, 0.29) is 6.04 Å². The Morgan fingerprint density at radius 1 is 1.18 bits per heavy atom. The van der Waals surface area contributed by atoms with Crippen LogP contribution in [0.4, 0.5) is 11.4 Å². The molecular weight excluding hydrogens is 482 g/mol. The third kappa shape index (κ3) is 5.07. The lowest BCUT2D eigenvalue weighted by Gasteiger charge is -2.28. The van der Waals surface area contributed by atoms with Crippen molar-refractivity contribution < 1.29 is 19.0 Å². The molecule has 0 bridgehead atoms. The van der Waals surface area contributed by atoms with Crippen molar-refractivity contribution in [3.8, 4) is 28.5 Å². The summed E-state index contributed by atoms with van der Waals surface area (Å²) >= 11 is 0. The Kier molecular flexibility index (Phi) is 7.83. The van der Waals surface area contributed by atoms with E-state index in [0.29, 0.717) is 30.6 Å². The molecule has 1 aromatic carbocycles. The summed E-state index contributed by atoms with van der Waals surface area (Å²) in [5.41, 5.74) is 4.02. The molecule has 2 aliphatic heterocycles. The van der Waals surface area contributed by atoms with Gasteiger partial charge in [0.1, 0.15) is 18.1 Å². The zero-order valence-corrected chi connectivity index (χ0v) is 22.8. The van der Waals surface area contributed by atoms with Gasteiger partial charge < -0.3 is 28.9 Å². The summed E-state index contributed by atoms with van der Waals surface area (Å²) in [7, 11) is 5.39. The Bertz CT molecular complexity index is 1280. The number of likely N-dealkylation sites (N-methyl/N-ethyl adjacent to an activating group) is 1. The molecule has 0 unspecified atom stereocenters. The summed E-state index contributed by atoms with van der Waals surface area (Å²) in [6.07, 6.45) is 9.26. The number of carbonyl (C=O) groups excluding carboxylic acids is 1. The van der Waals surface area contributed by atoms with Crippen LogP contribution in [0.2, 0.25) is 0 Å². The Balaban J connectivity index is 1.47. The number of aromatic nitrogens is 2. The van der Waals surface area contributed by atoms with Gasteiger partial charge in [0.15, 0.2) is 0 Å². The first-order chi connectivity index (χ1) is 18.5. The first-order valence-electron chi connectivity index (χ1n) is 13.4. The molecule has 0 radical (unpaired) electrons. The van der Waals surface area contributed by atoms with Gasteiger partial charge in [-0.15, -0.1) is 0 Å². The monoisotopic (exact) mass is 519 g/mol. The maximum absolute atomic E-state index is 11.7. The number of amides is 1. The highest BCUT2D eigenvalue weighted by Crippen LogP contribution is 2.50. The quantitative estimate of drug-likeness (QED) is 0.305. The van der Waals surface area contributed by atoms with Gasteiger partial charge in [-0.3, -0.25) is 9.78 Å². The number of nitrogens with zero attached hydrogens (tertiary/aromatic N) is 5. The minimum absolute atomic E-state index is 0.0736. The van der Waals surface area contributed by atoms with Crippen molar-refractivity contribution in [1.29, 1.82) is 0 Å². The third-order valence-corrected chi connectivity index (χ3v) is 7.61. The fourth-order valence-electron chi connectivity index (χ4n) is 5.32. The number of ether oxygens (including phenoxy) is 3. The lowest BCUT2D eigenvalue weighted by molar-refractivity contribution is -0.107. The second-order valence-corrected chi connectivity index (χ2v) is 10.1. The predicted molar refractivity (Wildman–Crippen MR) is 150 cm³/mol. The van der Waals surface area contributed by atoms with Crippen LogP contribution in [0.1, 0.15) is 32.6 Å². The maximum atomic E-state index is 11.7. The Morgan fingerprint density at radius 2 is 2.00 bits per heavy atom. The normalized spacial score (nSPS) is 17.6. The van der Waals surface area contributed by atoms with Gasteiger partial charge in [0.2, 0.25) is 12.3 Å². The largest absolute Gasteiger partial charge is 0.496 e. The molecule has 38 heavy (non-hydrogen) atoms. The van der Waals surface area contributed by atoms with Crippen molar-refractivity contribution in [2.75, 3.05) is 63.9 Å². The predicted octanol–water partition coefficient (Wildman–Crippen LogP) is 4.37. The van der Waals surface area contributed by atoms with Gasteiger partial charge in [-0.1, -0.05) is 6.42 Å². The van der Waals surface area contributed by atoms with E-state index in [2.05, 4.69) is 26.7 Å². The van der Waals surface area contributed by atoms with Crippen LogP contribution in [0.3, 0.4) is 0 Å². The van der Waals surface area contributed by atoms with E-state index in [4.69, 9.17) is 14.2 Å². The van der Waals surface area contributed by atoms with Crippen LogP contribution in [-0.4, -0.2) is 81.4 Å². The van der Waals surface area contributed by atoms with Gasteiger partial charge in [0, 0.05) is 44.5 Å². The van der Waals surface area contributed by atoms with Gasteiger partial charge in [0.25, 0.3) is 0 Å². The number of anilines is 2. The summed E-state index contributed by atoms with van der Waals surface area (Å²) in [6, 6.07) is 5.88. The molecule has 0 spiro atoms. The second-order valence-electron chi connectivity index (χ2n) is 10.1. The number of pyridine rings is 2. The summed E-state index contributed by atoms with van der Waals surface area (Å²) in [6.45, 7) is 6.67. The highest BCUT2D eigenvalue weighted by Gasteiger charge is 2.30. The van der Waals surface area contributed by atoms with Crippen LogP contribution in [0, 0.1) is 0 Å². The molecule has 9 heteroatoms. The number of hydrogen-bond donors (Lipinski definition) is 0. The number of carbonyl (C=O) groups is 1. The van der Waals surface area contributed by atoms with Crippen LogP contribution >= 0.6 is 0 Å². The fourth-order valence-corrected chi connectivity index (χ4v) is 5.32. The molecule has 2 aliphatic rings. The third-order valence-electron chi connectivity index (χ3n) is 7.61. The van der Waals surface area contributed by atoms with E-state index >= 15 is 0 Å². The zero-order valence-electron chi connectivity index (χ0n) is 22.8. The maximum Gasteiger partial charge on any atom is 0.213 e. The Morgan fingerprint density at radius 3 is 2.71 bits per heavy atom. The Hall–Kier alpha value is -3.59. The van der Waals surface area contributed by atoms with E-state index in [1.54, 1.807) is 31.5 Å². The van der Waals surface area contributed by atoms with Crippen molar-refractivity contribution in [1.82, 2.24) is 14.9 Å². The van der Waals surface area contributed by atoms with Gasteiger partial charge in [-0.25, -0.2) is 4.98 Å². The van der Waals surface area contributed by atoms with Crippen LogP contribution in [0.15, 0.2) is 30.6 Å². The highest BCUT2D eigenvalue weighted by molar-refractivity contribution is 6.08. The van der Waals surface area contributed by atoms with Crippen molar-refractivity contribution in [3.05, 3.63) is 30.6 Å². The van der Waals surface area contributed by atoms with Crippen molar-refractivity contribution in [2.45, 2.75) is 38.6 Å². The molecule has 1 amide bonds. The van der Waals surface area contributed by atoms with Crippen LogP contribution in [-0.2, 0) is 4.79 Å². The molecule has 1 fully saturated rings. The molecule has 1 atom stereocenters. The first-order valence-corrected chi connectivity index (χ1v) is 13.4. The summed E-state index contributed by atoms with van der Waals surface area (Å²) in [5.74, 6) is 1.93. The zero-order chi connectivity index (χ0) is 26.6. The molecule has 2 aromatic heterocycles. The van der Waals surface area contributed by atoms with E-state index in [1.807, 2.05) is 25.2 Å². The summed E-state index contributed by atoms with van der Waals surface area (Å²) in [4.78, 5) is 27.2. The van der Waals surface area contributed by atoms with Gasteiger partial charge in [0.05, 0.1) is 53.8 Å².